The van der Waals surface area contributed by atoms with Crippen molar-refractivity contribution in [2.24, 2.45) is 0 Å². The van der Waals surface area contributed by atoms with Gasteiger partial charge in [-0.05, 0) is 12.1 Å². The second kappa shape index (κ2) is 7.11. The van der Waals surface area contributed by atoms with E-state index in [2.05, 4.69) is 10.1 Å². The lowest BCUT2D eigenvalue weighted by Crippen LogP contribution is -2.42. The number of hydrogen-bond acceptors (Lipinski definition) is 7. The zero-order valence-corrected chi connectivity index (χ0v) is 15.2. The standard InChI is InChI=1S/C16H21N3O5S/c1-11(2)16-17-15(18-24-16)13-10-19(8-9-23-13)25(20,21)14-7-5-4-6-12(14)22-3/h4-7,11,13H,8-10H2,1-3H3/t13-/m0/s1. The van der Waals surface area contributed by atoms with Crippen LogP contribution in [0.4, 0.5) is 0 Å². The van der Waals surface area contributed by atoms with E-state index in [0.29, 0.717) is 17.5 Å². The van der Waals surface area contributed by atoms with E-state index in [0.717, 1.165) is 0 Å². The molecule has 0 bridgehead atoms. The Kier molecular flexibility index (Phi) is 5.07. The molecule has 1 aliphatic rings. The van der Waals surface area contributed by atoms with Gasteiger partial charge in [-0.2, -0.15) is 9.29 Å². The highest BCUT2D eigenvalue weighted by atomic mass is 32.2. The first-order chi connectivity index (χ1) is 11.9. The van der Waals surface area contributed by atoms with Crippen LogP contribution in [0.25, 0.3) is 0 Å². The number of methoxy groups -OCH3 is 1. The van der Waals surface area contributed by atoms with Crippen LogP contribution < -0.4 is 4.74 Å². The molecule has 2 heterocycles. The number of benzene rings is 1. The summed E-state index contributed by atoms with van der Waals surface area (Å²) in [5.41, 5.74) is 0. The Morgan fingerprint density at radius 3 is 2.76 bits per heavy atom. The number of aromatic nitrogens is 2. The minimum absolute atomic E-state index is 0.0956. The van der Waals surface area contributed by atoms with Gasteiger partial charge in [-0.1, -0.05) is 31.1 Å². The van der Waals surface area contributed by atoms with Gasteiger partial charge >= 0.3 is 0 Å². The first-order valence-corrected chi connectivity index (χ1v) is 9.45. The van der Waals surface area contributed by atoms with Crippen LogP contribution in [0.2, 0.25) is 0 Å². The van der Waals surface area contributed by atoms with Gasteiger partial charge in [-0.3, -0.25) is 0 Å². The van der Waals surface area contributed by atoms with Crippen LogP contribution in [0.5, 0.6) is 5.75 Å². The van der Waals surface area contributed by atoms with Crippen LogP contribution in [-0.2, 0) is 14.8 Å². The van der Waals surface area contributed by atoms with Crippen molar-refractivity contribution in [1.82, 2.24) is 14.4 Å². The summed E-state index contributed by atoms with van der Waals surface area (Å²) in [5.74, 6) is 1.28. The number of nitrogens with zero attached hydrogens (tertiary/aromatic N) is 3. The number of ether oxygens (including phenoxy) is 2. The molecule has 0 amide bonds. The SMILES string of the molecule is COc1ccccc1S(=O)(=O)N1CCO[C@H](c2noc(C(C)C)n2)C1. The summed E-state index contributed by atoms with van der Waals surface area (Å²) in [6, 6.07) is 6.55. The summed E-state index contributed by atoms with van der Waals surface area (Å²) in [6.07, 6.45) is -0.561. The summed E-state index contributed by atoms with van der Waals surface area (Å²) in [7, 11) is -2.27. The maximum Gasteiger partial charge on any atom is 0.246 e. The van der Waals surface area contributed by atoms with Gasteiger partial charge in [0.05, 0.1) is 13.7 Å². The molecule has 1 saturated heterocycles. The lowest BCUT2D eigenvalue weighted by Gasteiger charge is -2.30. The molecule has 1 aromatic carbocycles. The van der Waals surface area contributed by atoms with Crippen LogP contribution in [0.15, 0.2) is 33.7 Å². The second-order valence-electron chi connectivity index (χ2n) is 6.02. The molecule has 0 unspecified atom stereocenters. The third-order valence-electron chi connectivity index (χ3n) is 3.96. The maximum atomic E-state index is 13.0. The van der Waals surface area contributed by atoms with Crippen LogP contribution in [-0.4, -0.2) is 49.7 Å². The first-order valence-electron chi connectivity index (χ1n) is 8.01. The number of morpholine rings is 1. The zero-order valence-electron chi connectivity index (χ0n) is 14.4. The summed E-state index contributed by atoms with van der Waals surface area (Å²) < 4.78 is 43.4. The van der Waals surface area contributed by atoms with Gasteiger partial charge in [-0.15, -0.1) is 0 Å². The van der Waals surface area contributed by atoms with E-state index >= 15 is 0 Å². The Bertz CT molecular complexity index is 834. The Morgan fingerprint density at radius 1 is 1.32 bits per heavy atom. The molecular weight excluding hydrogens is 346 g/mol. The van der Waals surface area contributed by atoms with Crippen LogP contribution in [0, 0.1) is 0 Å². The van der Waals surface area contributed by atoms with Crippen molar-refractivity contribution in [3.63, 3.8) is 0 Å². The molecule has 25 heavy (non-hydrogen) atoms. The lowest BCUT2D eigenvalue weighted by atomic mass is 10.2. The molecular formula is C16H21N3O5S. The molecule has 0 saturated carbocycles. The van der Waals surface area contributed by atoms with Crippen molar-refractivity contribution in [1.29, 1.82) is 0 Å². The minimum atomic E-state index is -3.71. The normalized spacial score (nSPS) is 19.3. The summed E-state index contributed by atoms with van der Waals surface area (Å²) in [6.45, 7) is 4.52. The number of rotatable bonds is 5. The molecule has 0 N–H and O–H groups in total. The largest absolute Gasteiger partial charge is 0.495 e. The molecule has 1 atom stereocenters. The molecule has 0 spiro atoms. The average Bonchev–Trinajstić information content (AvgIpc) is 3.12. The first kappa shape index (κ1) is 17.8. The molecule has 0 radical (unpaired) electrons. The highest BCUT2D eigenvalue weighted by Crippen LogP contribution is 2.30. The van der Waals surface area contributed by atoms with E-state index in [9.17, 15) is 8.42 Å². The summed E-state index contributed by atoms with van der Waals surface area (Å²) >= 11 is 0. The third-order valence-corrected chi connectivity index (χ3v) is 5.86. The van der Waals surface area contributed by atoms with E-state index in [1.54, 1.807) is 18.2 Å². The number of para-hydroxylation sites is 1. The van der Waals surface area contributed by atoms with Gasteiger partial charge in [0.25, 0.3) is 0 Å². The van der Waals surface area contributed by atoms with Crippen molar-refractivity contribution < 1.29 is 22.4 Å². The Labute approximate surface area is 146 Å². The van der Waals surface area contributed by atoms with Crippen molar-refractivity contribution in [3.05, 3.63) is 36.0 Å². The fourth-order valence-corrected chi connectivity index (χ4v) is 4.16. The molecule has 2 aromatic rings. The molecule has 3 rings (SSSR count). The van der Waals surface area contributed by atoms with Gasteiger partial charge in [-0.25, -0.2) is 8.42 Å². The third kappa shape index (κ3) is 3.53. The van der Waals surface area contributed by atoms with Gasteiger partial charge in [0.2, 0.25) is 21.7 Å². The predicted molar refractivity (Wildman–Crippen MR) is 88.8 cm³/mol. The molecule has 9 heteroatoms. The Hall–Kier alpha value is -1.97. The predicted octanol–water partition coefficient (Wildman–Crippen LogP) is 1.96. The van der Waals surface area contributed by atoms with Crippen molar-refractivity contribution in [3.8, 4) is 5.75 Å². The van der Waals surface area contributed by atoms with Crippen molar-refractivity contribution in [2.45, 2.75) is 30.8 Å². The molecule has 136 valence electrons. The molecule has 8 nitrogen and oxygen atoms in total. The van der Waals surface area contributed by atoms with E-state index < -0.39 is 16.1 Å². The van der Waals surface area contributed by atoms with E-state index in [-0.39, 0.29) is 30.5 Å². The van der Waals surface area contributed by atoms with Gasteiger partial charge in [0.1, 0.15) is 16.7 Å². The monoisotopic (exact) mass is 367 g/mol. The Balaban J connectivity index is 1.85. The zero-order chi connectivity index (χ0) is 18.0. The lowest BCUT2D eigenvalue weighted by molar-refractivity contribution is -0.00862. The molecule has 1 aromatic heterocycles. The quantitative estimate of drug-likeness (QED) is 0.797. The fraction of sp³-hybridized carbons (Fsp3) is 0.500. The molecule has 0 aliphatic carbocycles. The summed E-state index contributed by atoms with van der Waals surface area (Å²) in [5, 5.41) is 3.93. The second-order valence-corrected chi connectivity index (χ2v) is 7.93. The average molecular weight is 367 g/mol. The highest BCUT2D eigenvalue weighted by molar-refractivity contribution is 7.89. The Morgan fingerprint density at radius 2 is 2.08 bits per heavy atom. The number of sulfonamides is 1. The van der Waals surface area contributed by atoms with Crippen LogP contribution in [0.3, 0.4) is 0 Å². The highest BCUT2D eigenvalue weighted by Gasteiger charge is 2.35. The van der Waals surface area contributed by atoms with Crippen molar-refractivity contribution >= 4 is 10.0 Å². The van der Waals surface area contributed by atoms with E-state index in [1.807, 2.05) is 13.8 Å². The van der Waals surface area contributed by atoms with E-state index in [1.165, 1.54) is 17.5 Å². The summed E-state index contributed by atoms with van der Waals surface area (Å²) in [4.78, 5) is 4.44. The topological polar surface area (TPSA) is 94.8 Å². The maximum absolute atomic E-state index is 13.0. The van der Waals surface area contributed by atoms with Crippen LogP contribution in [0.1, 0.15) is 37.6 Å². The van der Waals surface area contributed by atoms with Gasteiger partial charge in [0.15, 0.2) is 0 Å². The van der Waals surface area contributed by atoms with Gasteiger partial charge in [0, 0.05) is 19.0 Å². The smallest absolute Gasteiger partial charge is 0.246 e. The van der Waals surface area contributed by atoms with Gasteiger partial charge < -0.3 is 14.0 Å². The van der Waals surface area contributed by atoms with Crippen molar-refractivity contribution in [2.75, 3.05) is 26.8 Å². The molecule has 1 aliphatic heterocycles. The fourth-order valence-electron chi connectivity index (χ4n) is 2.58. The van der Waals surface area contributed by atoms with Crippen LogP contribution >= 0.6 is 0 Å². The molecule has 1 fully saturated rings. The van der Waals surface area contributed by atoms with E-state index in [4.69, 9.17) is 14.0 Å². The minimum Gasteiger partial charge on any atom is -0.495 e. The number of hydrogen-bond donors (Lipinski definition) is 0.